The van der Waals surface area contributed by atoms with Crippen LogP contribution in [0.2, 0.25) is 0 Å². The average Bonchev–Trinajstić information content (AvgIpc) is 3.50. The van der Waals surface area contributed by atoms with Crippen LogP contribution in [0.4, 0.5) is 15.9 Å². The fraction of sp³-hybridized carbons (Fsp3) is 0.361. The number of anilines is 2. The number of pyridine rings is 1. The van der Waals surface area contributed by atoms with Crippen LogP contribution in [0.1, 0.15) is 64.3 Å². The van der Waals surface area contributed by atoms with E-state index in [0.29, 0.717) is 16.9 Å². The van der Waals surface area contributed by atoms with Crippen LogP contribution in [0, 0.1) is 11.7 Å². The van der Waals surface area contributed by atoms with Crippen LogP contribution in [-0.2, 0) is 19.4 Å². The fourth-order valence-corrected chi connectivity index (χ4v) is 7.50. The molecule has 3 aromatic carbocycles. The van der Waals surface area contributed by atoms with Crippen LogP contribution in [0.5, 0.6) is 11.5 Å². The number of benzene rings is 3. The third-order valence-corrected chi connectivity index (χ3v) is 10.8. The summed E-state index contributed by atoms with van der Waals surface area (Å²) in [6.45, 7) is 8.66. The smallest absolute Gasteiger partial charge is 0.309 e. The maximum Gasteiger partial charge on any atom is 0.309 e. The molecule has 0 aliphatic carbocycles. The molecule has 1 amide bonds. The summed E-state index contributed by atoms with van der Waals surface area (Å²) in [7, 11) is -3.87. The third kappa shape index (κ3) is 7.12. The monoisotopic (exact) mass is 692 g/mol. The van der Waals surface area contributed by atoms with Gasteiger partial charge in [-0.3, -0.25) is 9.59 Å². The summed E-state index contributed by atoms with van der Waals surface area (Å²) in [5.74, 6) is -3.00. The van der Waals surface area contributed by atoms with Gasteiger partial charge in [-0.25, -0.2) is 17.8 Å². The van der Waals surface area contributed by atoms with E-state index in [1.165, 1.54) is 43.0 Å². The highest BCUT2D eigenvalue weighted by molar-refractivity contribution is 7.92. The van der Waals surface area contributed by atoms with E-state index in [9.17, 15) is 23.1 Å². The number of ether oxygens (including phenoxy) is 2. The van der Waals surface area contributed by atoms with Crippen molar-refractivity contribution in [3.8, 4) is 11.5 Å². The quantitative estimate of drug-likeness (QED) is 0.157. The molecule has 11 nitrogen and oxygen atoms in total. The predicted molar refractivity (Wildman–Crippen MR) is 185 cm³/mol. The molecule has 5 rings (SSSR count). The second-order valence-corrected chi connectivity index (χ2v) is 14.9. The Morgan fingerprint density at radius 3 is 2.49 bits per heavy atom. The molecule has 3 atom stereocenters. The van der Waals surface area contributed by atoms with Crippen LogP contribution in [0.15, 0.2) is 71.8 Å². The Morgan fingerprint density at radius 1 is 1.08 bits per heavy atom. The van der Waals surface area contributed by atoms with E-state index in [1.807, 2.05) is 0 Å². The number of aliphatic carboxylic acids is 1. The number of sulfone groups is 1. The van der Waals surface area contributed by atoms with E-state index in [2.05, 4.69) is 10.3 Å². The lowest BCUT2D eigenvalue weighted by Gasteiger charge is -2.33. The zero-order chi connectivity index (χ0) is 35.6. The Labute approximate surface area is 285 Å². The summed E-state index contributed by atoms with van der Waals surface area (Å²) >= 11 is 0. The highest BCUT2D eigenvalue weighted by atomic mass is 32.2. The molecule has 3 unspecified atom stereocenters. The summed E-state index contributed by atoms with van der Waals surface area (Å²) in [4.78, 5) is 32.9. The number of carbonyl (C=O) groups excluding carboxylic acids is 1. The van der Waals surface area contributed by atoms with Crippen molar-refractivity contribution in [3.63, 3.8) is 0 Å². The molecule has 1 aliphatic rings. The number of nitrogens with one attached hydrogen (secondary N) is 1. The molecule has 13 heteroatoms. The number of rotatable bonds is 12. The Balaban J connectivity index is 1.68. The third-order valence-electron chi connectivity index (χ3n) is 8.55. The number of hydrogen-bond acceptors (Lipinski definition) is 9. The van der Waals surface area contributed by atoms with Crippen LogP contribution in [0.3, 0.4) is 0 Å². The van der Waals surface area contributed by atoms with Gasteiger partial charge in [0.05, 0.1) is 34.8 Å². The minimum Gasteiger partial charge on any atom is -0.490 e. The van der Waals surface area contributed by atoms with Gasteiger partial charge in [0.15, 0.2) is 21.3 Å². The van der Waals surface area contributed by atoms with Crippen molar-refractivity contribution in [2.45, 2.75) is 69.4 Å². The predicted octanol–water partition coefficient (Wildman–Crippen LogP) is 6.15. The van der Waals surface area contributed by atoms with Gasteiger partial charge in [0.2, 0.25) is 5.91 Å². The number of nitrogen functional groups attached to an aromatic ring is 1. The Hall–Kier alpha value is -4.91. The van der Waals surface area contributed by atoms with Crippen molar-refractivity contribution in [2.24, 2.45) is 5.92 Å². The lowest BCUT2D eigenvalue weighted by atomic mass is 9.93. The van der Waals surface area contributed by atoms with Gasteiger partial charge in [-0.2, -0.15) is 0 Å². The van der Waals surface area contributed by atoms with E-state index in [-0.39, 0.29) is 53.2 Å². The molecule has 0 bridgehead atoms. The molecule has 4 N–H and O–H groups in total. The largest absolute Gasteiger partial charge is 0.490 e. The number of aromatic nitrogens is 1. The molecule has 1 aliphatic heterocycles. The molecule has 0 radical (unpaired) electrons. The molecule has 1 aromatic heterocycles. The van der Waals surface area contributed by atoms with Gasteiger partial charge >= 0.3 is 5.97 Å². The van der Waals surface area contributed by atoms with Crippen molar-refractivity contribution in [1.82, 2.24) is 9.88 Å². The van der Waals surface area contributed by atoms with Crippen molar-refractivity contribution in [3.05, 3.63) is 83.8 Å². The van der Waals surface area contributed by atoms with E-state index in [4.69, 9.17) is 15.2 Å². The second kappa shape index (κ2) is 14.3. The number of likely N-dealkylation sites (tertiary alicyclic amines) is 1. The molecular formula is C36H41FN4O7S. The van der Waals surface area contributed by atoms with Gasteiger partial charge < -0.3 is 30.5 Å². The first-order chi connectivity index (χ1) is 23.2. The van der Waals surface area contributed by atoms with E-state index >= 15 is 4.39 Å². The number of fused-ring (bicyclic) bond motifs is 1. The number of carbonyl (C=O) groups is 2. The van der Waals surface area contributed by atoms with Gasteiger partial charge in [-0.15, -0.1) is 0 Å². The van der Waals surface area contributed by atoms with E-state index < -0.39 is 50.8 Å². The molecule has 49 heavy (non-hydrogen) atoms. The number of hydrogen-bond donors (Lipinski definition) is 3. The SMILES string of the molecule is CCOc1cc(C(Nc2ccc3c(N)nccc3c2)C(=O)N2CCC(C(=O)O)C2c2ccccc2S(=O)(=O)C(C)C)c(F)cc1OC(C)C. The molecule has 260 valence electrons. The lowest BCUT2D eigenvalue weighted by Crippen LogP contribution is -2.40. The highest BCUT2D eigenvalue weighted by Crippen LogP contribution is 2.44. The van der Waals surface area contributed by atoms with Crippen molar-refractivity contribution in [1.29, 1.82) is 0 Å². The fourth-order valence-electron chi connectivity index (χ4n) is 6.20. The molecule has 4 aromatic rings. The minimum atomic E-state index is -3.87. The van der Waals surface area contributed by atoms with Gasteiger partial charge in [-0.1, -0.05) is 18.2 Å². The van der Waals surface area contributed by atoms with Crippen LogP contribution in [-0.4, -0.2) is 59.8 Å². The summed E-state index contributed by atoms with van der Waals surface area (Å²) in [5, 5.41) is 14.1. The van der Waals surface area contributed by atoms with Crippen molar-refractivity contribution >= 4 is 44.0 Å². The van der Waals surface area contributed by atoms with Gasteiger partial charge in [0.1, 0.15) is 17.7 Å². The first-order valence-electron chi connectivity index (χ1n) is 16.1. The second-order valence-electron chi connectivity index (χ2n) is 12.5. The van der Waals surface area contributed by atoms with Crippen LogP contribution < -0.4 is 20.5 Å². The summed E-state index contributed by atoms with van der Waals surface area (Å²) in [6, 6.07) is 13.1. The number of nitrogens with zero attached hydrogens (tertiary/aromatic N) is 2. The van der Waals surface area contributed by atoms with Gasteiger partial charge in [0.25, 0.3) is 0 Å². The maximum absolute atomic E-state index is 16.2. The van der Waals surface area contributed by atoms with E-state index in [0.717, 1.165) is 5.39 Å². The Bertz CT molecular complexity index is 1990. The number of carboxylic acid groups (broad SMARTS) is 1. The minimum absolute atomic E-state index is 0.0108. The maximum atomic E-state index is 16.2. The van der Waals surface area contributed by atoms with Crippen LogP contribution in [0.25, 0.3) is 10.8 Å². The lowest BCUT2D eigenvalue weighted by molar-refractivity contribution is -0.143. The number of halogens is 1. The Kier molecular flexibility index (Phi) is 10.3. The summed E-state index contributed by atoms with van der Waals surface area (Å²) < 4.78 is 54.8. The van der Waals surface area contributed by atoms with Crippen molar-refractivity contribution < 1.29 is 37.0 Å². The Morgan fingerprint density at radius 2 is 1.82 bits per heavy atom. The molecule has 0 saturated carbocycles. The number of amides is 1. The summed E-state index contributed by atoms with van der Waals surface area (Å²) in [5.41, 5.74) is 6.63. The molecule has 0 spiro atoms. The average molecular weight is 693 g/mol. The summed E-state index contributed by atoms with van der Waals surface area (Å²) in [6.07, 6.45) is 1.32. The zero-order valence-electron chi connectivity index (χ0n) is 28.0. The first kappa shape index (κ1) is 35.4. The van der Waals surface area contributed by atoms with E-state index in [1.54, 1.807) is 63.4 Å². The van der Waals surface area contributed by atoms with Crippen molar-refractivity contribution in [2.75, 3.05) is 24.2 Å². The van der Waals surface area contributed by atoms with Gasteiger partial charge in [-0.05, 0) is 88.4 Å². The normalized spacial score (nSPS) is 17.0. The standard InChI is InChI=1S/C36H41FN4O7S/c1-6-47-29-18-27(28(37)19-30(29)48-20(2)3)32(40-23-11-12-24-22(17-23)13-15-39-34(24)38)35(42)41-16-14-26(36(43)44)33(41)25-9-7-8-10-31(25)49(45,46)21(4)5/h7-13,15,17-21,26,32-33,40H,6,14,16H2,1-5H3,(H2,38,39)(H,43,44). The topological polar surface area (TPSA) is 161 Å². The highest BCUT2D eigenvalue weighted by Gasteiger charge is 2.46. The molecule has 2 heterocycles. The number of nitrogens with two attached hydrogens (primary N) is 1. The number of carboxylic acids is 1. The van der Waals surface area contributed by atoms with Crippen LogP contribution >= 0.6 is 0 Å². The first-order valence-corrected chi connectivity index (χ1v) is 17.7. The molecule has 1 fully saturated rings. The molecular weight excluding hydrogens is 651 g/mol. The van der Waals surface area contributed by atoms with Gasteiger partial charge in [0, 0.05) is 35.4 Å². The molecule has 1 saturated heterocycles. The zero-order valence-corrected chi connectivity index (χ0v) is 28.8.